The highest BCUT2D eigenvalue weighted by molar-refractivity contribution is 9.11. The maximum absolute atomic E-state index is 12.4. The fraction of sp³-hybridized carbons (Fsp3) is 0.208. The second-order valence-corrected chi connectivity index (χ2v) is 10.4. The number of fused-ring (bicyclic) bond motifs is 1. The standard InChI is InChI=1S/C24H23Br2N3O3S/c1-24(2,3)16-7-4-14(5-8-16)22(31)27-23(33)29-28-20(30)13-32-19-11-6-15-12-17(25)9-10-18(15)21(19)26/h4-12H,13H2,1-3H3,(H,28,30)(H2,27,29,31,33). The van der Waals surface area contributed by atoms with Crippen molar-refractivity contribution in [2.24, 2.45) is 0 Å². The number of ether oxygens (including phenoxy) is 1. The van der Waals surface area contributed by atoms with Gasteiger partial charge in [0, 0.05) is 10.0 Å². The van der Waals surface area contributed by atoms with Crippen LogP contribution in [0.3, 0.4) is 0 Å². The summed E-state index contributed by atoms with van der Waals surface area (Å²) < 4.78 is 7.35. The molecular formula is C24H23Br2N3O3S. The molecule has 0 aliphatic carbocycles. The molecule has 0 fully saturated rings. The van der Waals surface area contributed by atoms with Gasteiger partial charge in [0.1, 0.15) is 5.75 Å². The van der Waals surface area contributed by atoms with E-state index in [1.165, 1.54) is 0 Å². The summed E-state index contributed by atoms with van der Waals surface area (Å²) in [6.45, 7) is 6.07. The van der Waals surface area contributed by atoms with Crippen molar-refractivity contribution in [3.05, 3.63) is 74.7 Å². The van der Waals surface area contributed by atoms with E-state index in [-0.39, 0.29) is 23.0 Å². The van der Waals surface area contributed by atoms with Crippen LogP contribution in [0.5, 0.6) is 5.75 Å². The van der Waals surface area contributed by atoms with Crippen LogP contribution in [-0.4, -0.2) is 23.5 Å². The molecule has 3 aromatic carbocycles. The molecule has 0 bridgehead atoms. The fourth-order valence-electron chi connectivity index (χ4n) is 2.99. The third-order valence-electron chi connectivity index (χ3n) is 4.80. The van der Waals surface area contributed by atoms with Gasteiger partial charge in [-0.1, -0.05) is 61.0 Å². The van der Waals surface area contributed by atoms with E-state index in [1.807, 2.05) is 36.4 Å². The molecule has 0 heterocycles. The first-order valence-corrected chi connectivity index (χ1v) is 12.1. The summed E-state index contributed by atoms with van der Waals surface area (Å²) in [5.74, 6) is -0.288. The Morgan fingerprint density at radius 3 is 2.33 bits per heavy atom. The van der Waals surface area contributed by atoms with Crippen LogP contribution in [0.1, 0.15) is 36.7 Å². The minimum Gasteiger partial charge on any atom is -0.483 e. The van der Waals surface area contributed by atoms with Gasteiger partial charge in [-0.15, -0.1) is 0 Å². The van der Waals surface area contributed by atoms with Gasteiger partial charge < -0.3 is 4.74 Å². The van der Waals surface area contributed by atoms with Crippen molar-refractivity contribution in [1.29, 1.82) is 0 Å². The summed E-state index contributed by atoms with van der Waals surface area (Å²) in [5, 5.41) is 4.51. The van der Waals surface area contributed by atoms with Crippen LogP contribution in [0.4, 0.5) is 0 Å². The Bertz CT molecular complexity index is 1210. The average molecular weight is 593 g/mol. The smallest absolute Gasteiger partial charge is 0.276 e. The highest BCUT2D eigenvalue weighted by atomic mass is 79.9. The molecule has 3 N–H and O–H groups in total. The van der Waals surface area contributed by atoms with Gasteiger partial charge in [-0.2, -0.15) is 0 Å². The van der Waals surface area contributed by atoms with Crippen molar-refractivity contribution in [2.45, 2.75) is 26.2 Å². The lowest BCUT2D eigenvalue weighted by Gasteiger charge is -2.19. The fourth-order valence-corrected chi connectivity index (χ4v) is 4.12. The number of amides is 2. The Balaban J connectivity index is 1.48. The number of carbonyl (C=O) groups excluding carboxylic acids is 2. The molecule has 0 aliphatic rings. The highest BCUT2D eigenvalue weighted by Gasteiger charge is 2.15. The number of benzene rings is 3. The molecule has 0 saturated heterocycles. The zero-order valence-electron chi connectivity index (χ0n) is 18.3. The van der Waals surface area contributed by atoms with Gasteiger partial charge in [0.2, 0.25) is 0 Å². The molecule has 0 atom stereocenters. The van der Waals surface area contributed by atoms with E-state index in [0.717, 1.165) is 25.3 Å². The van der Waals surface area contributed by atoms with Crippen molar-refractivity contribution in [3.8, 4) is 5.75 Å². The van der Waals surface area contributed by atoms with E-state index in [0.29, 0.717) is 11.3 Å². The molecule has 0 aliphatic heterocycles. The predicted molar refractivity (Wildman–Crippen MR) is 141 cm³/mol. The van der Waals surface area contributed by atoms with E-state index in [4.69, 9.17) is 17.0 Å². The Kier molecular flexibility index (Phi) is 8.10. The summed E-state index contributed by atoms with van der Waals surface area (Å²) in [6.07, 6.45) is 0. The highest BCUT2D eigenvalue weighted by Crippen LogP contribution is 2.34. The number of hydrogen-bond donors (Lipinski definition) is 3. The summed E-state index contributed by atoms with van der Waals surface area (Å²) in [6, 6.07) is 16.9. The minimum atomic E-state index is -0.455. The van der Waals surface area contributed by atoms with Crippen LogP contribution < -0.4 is 20.9 Å². The Morgan fingerprint density at radius 1 is 0.970 bits per heavy atom. The van der Waals surface area contributed by atoms with Crippen molar-refractivity contribution >= 4 is 71.8 Å². The van der Waals surface area contributed by atoms with Crippen LogP contribution in [-0.2, 0) is 10.2 Å². The van der Waals surface area contributed by atoms with Crippen LogP contribution in [0, 0.1) is 0 Å². The van der Waals surface area contributed by atoms with Crippen LogP contribution in [0.15, 0.2) is 63.5 Å². The maximum Gasteiger partial charge on any atom is 0.276 e. The number of thiocarbonyl (C=S) groups is 1. The third kappa shape index (κ3) is 6.75. The van der Waals surface area contributed by atoms with Crippen LogP contribution in [0.25, 0.3) is 10.8 Å². The lowest BCUT2D eigenvalue weighted by atomic mass is 9.87. The van der Waals surface area contributed by atoms with Crippen molar-refractivity contribution in [3.63, 3.8) is 0 Å². The molecule has 172 valence electrons. The second-order valence-electron chi connectivity index (χ2n) is 8.32. The molecule has 0 spiro atoms. The molecule has 0 unspecified atom stereocenters. The Hall–Kier alpha value is -2.49. The van der Waals surface area contributed by atoms with E-state index < -0.39 is 5.91 Å². The van der Waals surface area contributed by atoms with Gasteiger partial charge in [0.05, 0.1) is 4.47 Å². The summed E-state index contributed by atoms with van der Waals surface area (Å²) in [7, 11) is 0. The van der Waals surface area contributed by atoms with Crippen LogP contribution in [0.2, 0.25) is 0 Å². The average Bonchev–Trinajstić information content (AvgIpc) is 2.76. The Morgan fingerprint density at radius 2 is 1.67 bits per heavy atom. The lowest BCUT2D eigenvalue weighted by molar-refractivity contribution is -0.123. The molecule has 6 nitrogen and oxygen atoms in total. The van der Waals surface area contributed by atoms with Gasteiger partial charge in [-0.3, -0.25) is 25.8 Å². The first-order chi connectivity index (χ1) is 15.5. The van der Waals surface area contributed by atoms with Crippen molar-refractivity contribution in [2.75, 3.05) is 6.61 Å². The summed E-state index contributed by atoms with van der Waals surface area (Å²) in [4.78, 5) is 24.5. The minimum absolute atomic E-state index is 0.00218. The number of halogens is 2. The quantitative estimate of drug-likeness (QED) is 0.280. The normalized spacial score (nSPS) is 11.1. The van der Waals surface area contributed by atoms with Crippen molar-refractivity contribution in [1.82, 2.24) is 16.2 Å². The van der Waals surface area contributed by atoms with Gasteiger partial charge in [0.25, 0.3) is 11.8 Å². The number of hydrazine groups is 1. The molecule has 2 amide bonds. The lowest BCUT2D eigenvalue weighted by Crippen LogP contribution is -2.49. The van der Waals surface area contributed by atoms with E-state index in [9.17, 15) is 9.59 Å². The number of rotatable bonds is 4. The predicted octanol–water partition coefficient (Wildman–Crippen LogP) is 5.38. The number of carbonyl (C=O) groups is 2. The monoisotopic (exact) mass is 591 g/mol. The molecule has 3 aromatic rings. The van der Waals surface area contributed by atoms with Crippen LogP contribution >= 0.6 is 44.1 Å². The molecule has 33 heavy (non-hydrogen) atoms. The molecule has 3 rings (SSSR count). The number of nitrogens with one attached hydrogen (secondary N) is 3. The molecule has 9 heteroatoms. The van der Waals surface area contributed by atoms with E-state index >= 15 is 0 Å². The largest absolute Gasteiger partial charge is 0.483 e. The SMILES string of the molecule is CC(C)(C)c1ccc(C(=O)NC(=S)NNC(=O)COc2ccc3cc(Br)ccc3c2Br)cc1. The second kappa shape index (κ2) is 10.6. The zero-order valence-corrected chi connectivity index (χ0v) is 22.3. The van der Waals surface area contributed by atoms with Gasteiger partial charge in [-0.05, 0) is 80.2 Å². The first-order valence-electron chi connectivity index (χ1n) is 10.1. The number of hydrogen-bond acceptors (Lipinski definition) is 4. The first kappa shape index (κ1) is 25.1. The van der Waals surface area contributed by atoms with E-state index in [2.05, 4.69) is 68.8 Å². The van der Waals surface area contributed by atoms with Gasteiger partial charge in [-0.25, -0.2) is 0 Å². The summed E-state index contributed by atoms with van der Waals surface area (Å²) in [5.41, 5.74) is 6.51. The Labute approximate surface area is 214 Å². The van der Waals surface area contributed by atoms with Gasteiger partial charge >= 0.3 is 0 Å². The molecule has 0 saturated carbocycles. The molecular weight excluding hydrogens is 570 g/mol. The molecule has 0 radical (unpaired) electrons. The molecule has 0 aromatic heterocycles. The third-order valence-corrected chi connectivity index (χ3v) is 6.31. The van der Waals surface area contributed by atoms with Crippen molar-refractivity contribution < 1.29 is 14.3 Å². The van der Waals surface area contributed by atoms with Gasteiger partial charge in [0.15, 0.2) is 11.7 Å². The van der Waals surface area contributed by atoms with E-state index in [1.54, 1.807) is 18.2 Å². The zero-order chi connectivity index (χ0) is 24.2. The maximum atomic E-state index is 12.4. The topological polar surface area (TPSA) is 79.5 Å². The summed E-state index contributed by atoms with van der Waals surface area (Å²) >= 11 is 12.1.